The van der Waals surface area contributed by atoms with Crippen LogP contribution in [-0.2, 0) is 4.79 Å². The molecule has 104 valence electrons. The second-order valence-electron chi connectivity index (χ2n) is 4.15. The zero-order valence-corrected chi connectivity index (χ0v) is 13.7. The molecule has 2 aromatic carbocycles. The van der Waals surface area contributed by atoms with Crippen molar-refractivity contribution in [3.8, 4) is 6.07 Å². The van der Waals surface area contributed by atoms with Gasteiger partial charge in [0.15, 0.2) is 0 Å². The summed E-state index contributed by atoms with van der Waals surface area (Å²) in [6, 6.07) is 16.3. The summed E-state index contributed by atoms with van der Waals surface area (Å²) in [5.74, 6) is -0.460. The SMILES string of the molecule is N#C/C(=C/c1ccccc1Cl)C(=O)Nc1ccc(I)cc1. The van der Waals surface area contributed by atoms with Crippen molar-refractivity contribution in [2.75, 3.05) is 5.32 Å². The number of benzene rings is 2. The van der Waals surface area contributed by atoms with Gasteiger partial charge in [-0.05, 0) is 64.6 Å². The van der Waals surface area contributed by atoms with E-state index in [4.69, 9.17) is 16.9 Å². The molecular weight excluding hydrogens is 399 g/mol. The zero-order chi connectivity index (χ0) is 15.2. The van der Waals surface area contributed by atoms with E-state index in [1.165, 1.54) is 6.08 Å². The van der Waals surface area contributed by atoms with Crippen LogP contribution in [0.4, 0.5) is 5.69 Å². The maximum atomic E-state index is 12.1. The Balaban J connectivity index is 2.22. The molecule has 0 unspecified atom stereocenters. The van der Waals surface area contributed by atoms with E-state index in [0.717, 1.165) is 3.57 Å². The van der Waals surface area contributed by atoms with Gasteiger partial charge in [0.1, 0.15) is 11.6 Å². The number of nitrogens with zero attached hydrogens (tertiary/aromatic N) is 1. The Hall–Kier alpha value is -1.84. The number of nitrogens with one attached hydrogen (secondary N) is 1. The minimum absolute atomic E-state index is 0.00153. The molecule has 0 saturated carbocycles. The summed E-state index contributed by atoms with van der Waals surface area (Å²) in [5.41, 5.74) is 1.27. The minimum atomic E-state index is -0.460. The van der Waals surface area contributed by atoms with Crippen LogP contribution in [0, 0.1) is 14.9 Å². The molecule has 0 atom stereocenters. The molecular formula is C16H10ClIN2O. The molecule has 0 fully saturated rings. The molecule has 0 spiro atoms. The highest BCUT2D eigenvalue weighted by molar-refractivity contribution is 14.1. The Labute approximate surface area is 141 Å². The highest BCUT2D eigenvalue weighted by Crippen LogP contribution is 2.19. The summed E-state index contributed by atoms with van der Waals surface area (Å²) in [4.78, 5) is 12.1. The average Bonchev–Trinajstić information content (AvgIpc) is 2.48. The Morgan fingerprint density at radius 2 is 1.86 bits per heavy atom. The van der Waals surface area contributed by atoms with Gasteiger partial charge >= 0.3 is 0 Å². The van der Waals surface area contributed by atoms with E-state index in [9.17, 15) is 4.79 Å². The second-order valence-corrected chi connectivity index (χ2v) is 5.81. The van der Waals surface area contributed by atoms with Gasteiger partial charge in [0, 0.05) is 14.3 Å². The molecule has 3 nitrogen and oxygen atoms in total. The van der Waals surface area contributed by atoms with Gasteiger partial charge in [-0.1, -0.05) is 29.8 Å². The molecule has 1 amide bonds. The number of nitriles is 1. The summed E-state index contributed by atoms with van der Waals surface area (Å²) in [6.45, 7) is 0. The van der Waals surface area contributed by atoms with Crippen LogP contribution in [0.25, 0.3) is 6.08 Å². The summed E-state index contributed by atoms with van der Waals surface area (Å²) >= 11 is 8.20. The van der Waals surface area contributed by atoms with Crippen LogP contribution in [0.3, 0.4) is 0 Å². The molecule has 0 aliphatic carbocycles. The third-order valence-electron chi connectivity index (χ3n) is 2.67. The molecule has 0 radical (unpaired) electrons. The van der Waals surface area contributed by atoms with Crippen LogP contribution in [-0.4, -0.2) is 5.91 Å². The second kappa shape index (κ2) is 7.25. The van der Waals surface area contributed by atoms with E-state index in [1.807, 2.05) is 18.2 Å². The molecule has 0 aliphatic heterocycles. The van der Waals surface area contributed by atoms with Gasteiger partial charge in [-0.25, -0.2) is 0 Å². The smallest absolute Gasteiger partial charge is 0.266 e. The number of rotatable bonds is 3. The van der Waals surface area contributed by atoms with Crippen molar-refractivity contribution in [3.05, 3.63) is 68.3 Å². The maximum absolute atomic E-state index is 12.1. The predicted octanol–water partition coefficient (Wildman–Crippen LogP) is 4.49. The van der Waals surface area contributed by atoms with Gasteiger partial charge in [0.05, 0.1) is 0 Å². The Kier molecular flexibility index (Phi) is 5.37. The highest BCUT2D eigenvalue weighted by atomic mass is 127. The van der Waals surface area contributed by atoms with Crippen LogP contribution in [0.5, 0.6) is 0 Å². The van der Waals surface area contributed by atoms with Crippen LogP contribution in [0.2, 0.25) is 5.02 Å². The van der Waals surface area contributed by atoms with Crippen LogP contribution in [0.1, 0.15) is 5.56 Å². The van der Waals surface area contributed by atoms with Crippen LogP contribution in [0.15, 0.2) is 54.1 Å². The van der Waals surface area contributed by atoms with Crippen molar-refractivity contribution in [3.63, 3.8) is 0 Å². The molecule has 5 heteroatoms. The van der Waals surface area contributed by atoms with E-state index in [2.05, 4.69) is 27.9 Å². The number of halogens is 2. The van der Waals surface area contributed by atoms with Crippen molar-refractivity contribution in [1.29, 1.82) is 5.26 Å². The molecule has 0 saturated heterocycles. The third-order valence-corrected chi connectivity index (χ3v) is 3.74. The molecule has 0 bridgehead atoms. The van der Waals surface area contributed by atoms with E-state index in [0.29, 0.717) is 16.3 Å². The monoisotopic (exact) mass is 408 g/mol. The number of amides is 1. The lowest BCUT2D eigenvalue weighted by Gasteiger charge is -2.05. The standard InChI is InChI=1S/C16H10ClIN2O/c17-15-4-2-1-3-11(15)9-12(10-19)16(21)20-14-7-5-13(18)6-8-14/h1-9H,(H,20,21)/b12-9-. The summed E-state index contributed by atoms with van der Waals surface area (Å²) in [6.07, 6.45) is 1.48. The molecule has 0 heterocycles. The van der Waals surface area contributed by atoms with E-state index in [-0.39, 0.29) is 5.57 Å². The lowest BCUT2D eigenvalue weighted by Crippen LogP contribution is -2.13. The first-order chi connectivity index (χ1) is 10.1. The van der Waals surface area contributed by atoms with Gasteiger partial charge in [0.25, 0.3) is 5.91 Å². The molecule has 1 N–H and O–H groups in total. The van der Waals surface area contributed by atoms with Crippen molar-refractivity contribution >= 4 is 51.9 Å². The first-order valence-corrected chi connectivity index (χ1v) is 7.49. The first-order valence-electron chi connectivity index (χ1n) is 6.03. The van der Waals surface area contributed by atoms with Crippen LogP contribution < -0.4 is 5.32 Å². The van der Waals surface area contributed by atoms with E-state index >= 15 is 0 Å². The molecule has 21 heavy (non-hydrogen) atoms. The van der Waals surface area contributed by atoms with Crippen molar-refractivity contribution < 1.29 is 4.79 Å². The molecule has 2 rings (SSSR count). The fraction of sp³-hybridized carbons (Fsp3) is 0. The van der Waals surface area contributed by atoms with Gasteiger partial charge in [-0.3, -0.25) is 4.79 Å². The van der Waals surface area contributed by atoms with Crippen LogP contribution >= 0.6 is 34.2 Å². The van der Waals surface area contributed by atoms with Gasteiger partial charge in [-0.15, -0.1) is 0 Å². The number of carbonyl (C=O) groups excluding carboxylic acids is 1. The Morgan fingerprint density at radius 3 is 2.48 bits per heavy atom. The van der Waals surface area contributed by atoms with Gasteiger partial charge in [-0.2, -0.15) is 5.26 Å². The Morgan fingerprint density at radius 1 is 1.19 bits per heavy atom. The lowest BCUT2D eigenvalue weighted by molar-refractivity contribution is -0.112. The lowest BCUT2D eigenvalue weighted by atomic mass is 10.1. The first kappa shape index (κ1) is 15.5. The fourth-order valence-electron chi connectivity index (χ4n) is 1.63. The molecule has 0 aliphatic rings. The van der Waals surface area contributed by atoms with Crippen molar-refractivity contribution in [1.82, 2.24) is 0 Å². The molecule has 2 aromatic rings. The highest BCUT2D eigenvalue weighted by Gasteiger charge is 2.10. The normalized spacial score (nSPS) is 10.8. The predicted molar refractivity (Wildman–Crippen MR) is 92.8 cm³/mol. The van der Waals surface area contributed by atoms with E-state index in [1.54, 1.807) is 36.4 Å². The quantitative estimate of drug-likeness (QED) is 0.462. The number of hydrogen-bond donors (Lipinski definition) is 1. The van der Waals surface area contributed by atoms with Crippen molar-refractivity contribution in [2.45, 2.75) is 0 Å². The number of carbonyl (C=O) groups is 1. The van der Waals surface area contributed by atoms with Crippen molar-refractivity contribution in [2.24, 2.45) is 0 Å². The largest absolute Gasteiger partial charge is 0.321 e. The summed E-state index contributed by atoms with van der Waals surface area (Å²) in [7, 11) is 0. The molecule has 0 aromatic heterocycles. The maximum Gasteiger partial charge on any atom is 0.266 e. The van der Waals surface area contributed by atoms with Gasteiger partial charge < -0.3 is 5.32 Å². The van der Waals surface area contributed by atoms with E-state index < -0.39 is 5.91 Å². The number of anilines is 1. The average molecular weight is 409 g/mol. The Bertz CT molecular complexity index is 733. The minimum Gasteiger partial charge on any atom is -0.321 e. The summed E-state index contributed by atoms with van der Waals surface area (Å²) < 4.78 is 1.07. The number of hydrogen-bond acceptors (Lipinski definition) is 2. The topological polar surface area (TPSA) is 52.9 Å². The summed E-state index contributed by atoms with van der Waals surface area (Å²) in [5, 5.41) is 12.3. The zero-order valence-electron chi connectivity index (χ0n) is 10.8. The van der Waals surface area contributed by atoms with Gasteiger partial charge in [0.2, 0.25) is 0 Å². The fourth-order valence-corrected chi connectivity index (χ4v) is 2.18. The third kappa shape index (κ3) is 4.31.